The SMILES string of the molecule is COc1cc(Br)ccc1C(=O)N[C@@H]1C=C[C@H](CO)C1. The lowest BCUT2D eigenvalue weighted by molar-refractivity contribution is 0.0938. The lowest BCUT2D eigenvalue weighted by Crippen LogP contribution is -2.33. The summed E-state index contributed by atoms with van der Waals surface area (Å²) in [5.74, 6) is 0.502. The number of carbonyl (C=O) groups excluding carboxylic acids is 1. The lowest BCUT2D eigenvalue weighted by atomic mass is 10.1. The number of halogens is 1. The largest absolute Gasteiger partial charge is 0.496 e. The first kappa shape index (κ1) is 14.1. The van der Waals surface area contributed by atoms with Crippen LogP contribution in [0.4, 0.5) is 0 Å². The molecule has 4 nitrogen and oxygen atoms in total. The standard InChI is InChI=1S/C14H16BrNO3/c1-19-13-7-10(15)3-5-12(13)14(18)16-11-4-2-9(6-11)8-17/h2-5,7,9,11,17H,6,8H2,1H3,(H,16,18)/t9-,11+/m0/s1. The topological polar surface area (TPSA) is 58.6 Å². The van der Waals surface area contributed by atoms with Crippen LogP contribution in [-0.4, -0.2) is 30.8 Å². The Labute approximate surface area is 120 Å². The van der Waals surface area contributed by atoms with Crippen molar-refractivity contribution in [2.75, 3.05) is 13.7 Å². The average Bonchev–Trinajstić information content (AvgIpc) is 2.86. The highest BCUT2D eigenvalue weighted by Gasteiger charge is 2.21. The first-order valence-electron chi connectivity index (χ1n) is 6.07. The number of carbonyl (C=O) groups is 1. The van der Waals surface area contributed by atoms with E-state index in [0.29, 0.717) is 11.3 Å². The number of hydrogen-bond acceptors (Lipinski definition) is 3. The molecule has 1 aliphatic carbocycles. The number of nitrogens with one attached hydrogen (secondary N) is 1. The number of hydrogen-bond donors (Lipinski definition) is 2. The van der Waals surface area contributed by atoms with Crippen molar-refractivity contribution >= 4 is 21.8 Å². The summed E-state index contributed by atoms with van der Waals surface area (Å²) in [6.45, 7) is 0.116. The molecule has 0 aliphatic heterocycles. The van der Waals surface area contributed by atoms with E-state index in [-0.39, 0.29) is 24.5 Å². The van der Waals surface area contributed by atoms with Crippen LogP contribution in [0.15, 0.2) is 34.8 Å². The normalized spacial score (nSPS) is 21.4. The van der Waals surface area contributed by atoms with Crippen molar-refractivity contribution in [2.45, 2.75) is 12.5 Å². The van der Waals surface area contributed by atoms with Crippen molar-refractivity contribution in [1.82, 2.24) is 5.32 Å². The molecule has 2 rings (SSSR count). The van der Waals surface area contributed by atoms with Gasteiger partial charge in [0.2, 0.25) is 0 Å². The Bertz CT molecular complexity index is 501. The van der Waals surface area contributed by atoms with Gasteiger partial charge >= 0.3 is 0 Å². The summed E-state index contributed by atoms with van der Waals surface area (Å²) in [6.07, 6.45) is 4.59. The number of aliphatic hydroxyl groups is 1. The van der Waals surface area contributed by atoms with Crippen molar-refractivity contribution in [3.8, 4) is 5.75 Å². The predicted molar refractivity (Wildman–Crippen MR) is 76.3 cm³/mol. The number of aliphatic hydroxyl groups excluding tert-OH is 1. The minimum Gasteiger partial charge on any atom is -0.496 e. The van der Waals surface area contributed by atoms with E-state index >= 15 is 0 Å². The van der Waals surface area contributed by atoms with Crippen LogP contribution in [0.5, 0.6) is 5.75 Å². The van der Waals surface area contributed by atoms with Crippen LogP contribution in [0.1, 0.15) is 16.8 Å². The summed E-state index contributed by atoms with van der Waals surface area (Å²) in [4.78, 5) is 12.2. The lowest BCUT2D eigenvalue weighted by Gasteiger charge is -2.14. The zero-order valence-electron chi connectivity index (χ0n) is 10.6. The third kappa shape index (κ3) is 3.36. The molecule has 5 heteroatoms. The third-order valence-corrected chi connectivity index (χ3v) is 3.62. The van der Waals surface area contributed by atoms with Gasteiger partial charge in [0.1, 0.15) is 5.75 Å². The van der Waals surface area contributed by atoms with Crippen LogP contribution in [0.2, 0.25) is 0 Å². The van der Waals surface area contributed by atoms with E-state index in [1.807, 2.05) is 12.2 Å². The molecule has 0 saturated carbocycles. The van der Waals surface area contributed by atoms with Gasteiger partial charge in [-0.3, -0.25) is 4.79 Å². The number of ether oxygens (including phenoxy) is 1. The van der Waals surface area contributed by atoms with E-state index in [0.717, 1.165) is 10.9 Å². The fraction of sp³-hybridized carbons (Fsp3) is 0.357. The van der Waals surface area contributed by atoms with Gasteiger partial charge in [0.25, 0.3) is 5.91 Å². The van der Waals surface area contributed by atoms with Crippen LogP contribution in [0.25, 0.3) is 0 Å². The van der Waals surface area contributed by atoms with Crippen LogP contribution < -0.4 is 10.1 Å². The molecule has 0 fully saturated rings. The molecule has 1 aliphatic rings. The summed E-state index contributed by atoms with van der Waals surface area (Å²) in [5, 5.41) is 12.0. The smallest absolute Gasteiger partial charge is 0.255 e. The molecule has 0 bridgehead atoms. The second-order valence-corrected chi connectivity index (χ2v) is 5.40. The van der Waals surface area contributed by atoms with Gasteiger partial charge in [-0.1, -0.05) is 28.1 Å². The molecule has 1 aromatic carbocycles. The molecule has 0 radical (unpaired) electrons. The summed E-state index contributed by atoms with van der Waals surface area (Å²) in [7, 11) is 1.54. The fourth-order valence-electron chi connectivity index (χ4n) is 2.12. The Morgan fingerprint density at radius 1 is 1.53 bits per heavy atom. The molecule has 2 atom stereocenters. The minimum absolute atomic E-state index is 0.0296. The van der Waals surface area contributed by atoms with E-state index in [1.165, 1.54) is 7.11 Å². The van der Waals surface area contributed by atoms with Crippen molar-refractivity contribution in [1.29, 1.82) is 0 Å². The van der Waals surface area contributed by atoms with Crippen molar-refractivity contribution in [3.05, 3.63) is 40.4 Å². The second kappa shape index (κ2) is 6.21. The molecule has 0 aromatic heterocycles. The summed E-state index contributed by atoms with van der Waals surface area (Å²) in [6, 6.07) is 5.26. The third-order valence-electron chi connectivity index (χ3n) is 3.13. The van der Waals surface area contributed by atoms with Crippen molar-refractivity contribution < 1.29 is 14.6 Å². The molecule has 0 unspecified atom stereocenters. The Morgan fingerprint density at radius 3 is 2.95 bits per heavy atom. The number of methoxy groups -OCH3 is 1. The molecule has 1 aromatic rings. The van der Waals surface area contributed by atoms with E-state index < -0.39 is 0 Å². The second-order valence-electron chi connectivity index (χ2n) is 4.49. The molecular formula is C14H16BrNO3. The monoisotopic (exact) mass is 325 g/mol. The highest BCUT2D eigenvalue weighted by atomic mass is 79.9. The van der Waals surface area contributed by atoms with E-state index in [9.17, 15) is 4.79 Å². The van der Waals surface area contributed by atoms with Gasteiger partial charge in [0, 0.05) is 23.0 Å². The van der Waals surface area contributed by atoms with Crippen LogP contribution >= 0.6 is 15.9 Å². The van der Waals surface area contributed by atoms with Gasteiger partial charge < -0.3 is 15.2 Å². The van der Waals surface area contributed by atoms with Gasteiger partial charge in [0.15, 0.2) is 0 Å². The van der Waals surface area contributed by atoms with Gasteiger partial charge in [-0.05, 0) is 24.6 Å². The van der Waals surface area contributed by atoms with Gasteiger partial charge in [0.05, 0.1) is 12.7 Å². The molecule has 102 valence electrons. The molecule has 0 saturated heterocycles. The molecule has 19 heavy (non-hydrogen) atoms. The van der Waals surface area contributed by atoms with Gasteiger partial charge in [-0.15, -0.1) is 0 Å². The summed E-state index contributed by atoms with van der Waals surface area (Å²) < 4.78 is 6.07. The maximum Gasteiger partial charge on any atom is 0.255 e. The molecule has 0 heterocycles. The van der Waals surface area contributed by atoms with Crippen LogP contribution in [0, 0.1) is 5.92 Å². The maximum atomic E-state index is 12.2. The highest BCUT2D eigenvalue weighted by molar-refractivity contribution is 9.10. The Hall–Kier alpha value is -1.33. The summed E-state index contributed by atoms with van der Waals surface area (Å²) in [5.41, 5.74) is 0.506. The molecular weight excluding hydrogens is 310 g/mol. The molecule has 0 spiro atoms. The first-order valence-corrected chi connectivity index (χ1v) is 6.87. The van der Waals surface area contributed by atoms with Crippen LogP contribution in [-0.2, 0) is 0 Å². The van der Waals surface area contributed by atoms with Gasteiger partial charge in [-0.25, -0.2) is 0 Å². The zero-order chi connectivity index (χ0) is 13.8. The van der Waals surface area contributed by atoms with Crippen molar-refractivity contribution in [3.63, 3.8) is 0 Å². The maximum absolute atomic E-state index is 12.2. The average molecular weight is 326 g/mol. The quantitative estimate of drug-likeness (QED) is 0.834. The molecule has 2 N–H and O–H groups in total. The number of amides is 1. The van der Waals surface area contributed by atoms with Crippen molar-refractivity contribution in [2.24, 2.45) is 5.92 Å². The number of benzene rings is 1. The fourth-order valence-corrected chi connectivity index (χ4v) is 2.46. The highest BCUT2D eigenvalue weighted by Crippen LogP contribution is 2.24. The Morgan fingerprint density at radius 2 is 2.32 bits per heavy atom. The zero-order valence-corrected chi connectivity index (χ0v) is 12.2. The van der Waals surface area contributed by atoms with Crippen LogP contribution in [0.3, 0.4) is 0 Å². The summed E-state index contributed by atoms with van der Waals surface area (Å²) >= 11 is 3.34. The first-order chi connectivity index (χ1) is 9.13. The van der Waals surface area contributed by atoms with Gasteiger partial charge in [-0.2, -0.15) is 0 Å². The molecule has 1 amide bonds. The van der Waals surface area contributed by atoms with E-state index in [4.69, 9.17) is 9.84 Å². The van der Waals surface area contributed by atoms with E-state index in [1.54, 1.807) is 18.2 Å². The Kier molecular flexibility index (Phi) is 4.61. The van der Waals surface area contributed by atoms with E-state index in [2.05, 4.69) is 21.2 Å². The minimum atomic E-state index is -0.169. The number of rotatable bonds is 4. The Balaban J connectivity index is 2.06. The predicted octanol–water partition coefficient (Wildman–Crippen LogP) is 2.12.